The molecule has 0 aliphatic carbocycles. The topological polar surface area (TPSA) is 25.4 Å². The maximum Gasteiger partial charge on any atom is 0.119 e. The van der Waals surface area contributed by atoms with E-state index < -0.39 is 0 Å². The molecule has 1 fully saturated rings. The van der Waals surface area contributed by atoms with Gasteiger partial charge in [0.1, 0.15) is 5.75 Å². The Balaban J connectivity index is 1.53. The highest BCUT2D eigenvalue weighted by atomic mass is 16.5. The van der Waals surface area contributed by atoms with Crippen LogP contribution in [0.1, 0.15) is 31.9 Å². The SMILES string of the molecule is Cc1cccc(-c2cccc(OCCCN3CCCC3C)c2)n1. The van der Waals surface area contributed by atoms with Gasteiger partial charge in [0.25, 0.3) is 0 Å². The number of hydrogen-bond acceptors (Lipinski definition) is 3. The van der Waals surface area contributed by atoms with Crippen LogP contribution in [0.3, 0.4) is 0 Å². The van der Waals surface area contributed by atoms with Gasteiger partial charge in [-0.25, -0.2) is 0 Å². The first kappa shape index (κ1) is 16.0. The number of hydrogen-bond donors (Lipinski definition) is 0. The molecule has 23 heavy (non-hydrogen) atoms. The summed E-state index contributed by atoms with van der Waals surface area (Å²) in [6.07, 6.45) is 3.76. The van der Waals surface area contributed by atoms with Gasteiger partial charge in [-0.05, 0) is 63.9 Å². The van der Waals surface area contributed by atoms with Crippen LogP contribution < -0.4 is 4.74 Å². The lowest BCUT2D eigenvalue weighted by Gasteiger charge is -2.20. The van der Waals surface area contributed by atoms with Crippen molar-refractivity contribution < 1.29 is 4.74 Å². The molecular formula is C20H26N2O. The van der Waals surface area contributed by atoms with Gasteiger partial charge in [0.15, 0.2) is 0 Å². The van der Waals surface area contributed by atoms with Crippen LogP contribution in [-0.2, 0) is 0 Å². The van der Waals surface area contributed by atoms with Crippen molar-refractivity contribution in [2.45, 2.75) is 39.2 Å². The van der Waals surface area contributed by atoms with Crippen molar-refractivity contribution in [3.8, 4) is 17.0 Å². The summed E-state index contributed by atoms with van der Waals surface area (Å²) in [4.78, 5) is 7.15. The Morgan fingerprint density at radius 2 is 2.09 bits per heavy atom. The Morgan fingerprint density at radius 3 is 2.87 bits per heavy atom. The molecule has 1 aliphatic rings. The third-order valence-electron chi connectivity index (χ3n) is 4.57. The van der Waals surface area contributed by atoms with E-state index in [1.807, 2.05) is 37.3 Å². The molecule has 2 aromatic rings. The number of ether oxygens (including phenoxy) is 1. The second kappa shape index (κ2) is 7.60. The second-order valence-electron chi connectivity index (χ2n) is 6.42. The summed E-state index contributed by atoms with van der Waals surface area (Å²) in [6, 6.07) is 15.1. The van der Waals surface area contributed by atoms with Crippen LogP contribution in [0.5, 0.6) is 5.75 Å². The molecule has 2 heterocycles. The highest BCUT2D eigenvalue weighted by molar-refractivity contribution is 5.61. The van der Waals surface area contributed by atoms with Gasteiger partial charge in [-0.3, -0.25) is 4.98 Å². The van der Waals surface area contributed by atoms with E-state index in [1.165, 1.54) is 19.4 Å². The molecule has 3 nitrogen and oxygen atoms in total. The lowest BCUT2D eigenvalue weighted by molar-refractivity contribution is 0.230. The van der Waals surface area contributed by atoms with Crippen LogP contribution in [-0.4, -0.2) is 35.6 Å². The normalized spacial score (nSPS) is 18.3. The highest BCUT2D eigenvalue weighted by Gasteiger charge is 2.19. The molecule has 1 aromatic heterocycles. The molecule has 122 valence electrons. The van der Waals surface area contributed by atoms with Crippen molar-refractivity contribution in [1.29, 1.82) is 0 Å². The van der Waals surface area contributed by atoms with Crippen molar-refractivity contribution in [3.05, 3.63) is 48.2 Å². The maximum absolute atomic E-state index is 5.94. The molecule has 1 aromatic carbocycles. The Hall–Kier alpha value is -1.87. The molecular weight excluding hydrogens is 284 g/mol. The molecule has 0 bridgehead atoms. The van der Waals surface area contributed by atoms with Crippen LogP contribution in [0.25, 0.3) is 11.3 Å². The Morgan fingerprint density at radius 1 is 1.22 bits per heavy atom. The van der Waals surface area contributed by atoms with E-state index in [-0.39, 0.29) is 0 Å². The number of likely N-dealkylation sites (tertiary alicyclic amines) is 1. The van der Waals surface area contributed by atoms with Crippen LogP contribution in [0, 0.1) is 6.92 Å². The number of benzene rings is 1. The molecule has 1 atom stereocenters. The van der Waals surface area contributed by atoms with Crippen molar-refractivity contribution >= 4 is 0 Å². The molecule has 3 rings (SSSR count). The third kappa shape index (κ3) is 4.32. The first-order chi connectivity index (χ1) is 11.2. The van der Waals surface area contributed by atoms with Gasteiger partial charge in [-0.1, -0.05) is 18.2 Å². The quantitative estimate of drug-likeness (QED) is 0.743. The zero-order valence-electron chi connectivity index (χ0n) is 14.2. The summed E-state index contributed by atoms with van der Waals surface area (Å²) in [6.45, 7) is 7.50. The fourth-order valence-electron chi connectivity index (χ4n) is 3.23. The van der Waals surface area contributed by atoms with E-state index in [9.17, 15) is 0 Å². The minimum Gasteiger partial charge on any atom is -0.494 e. The zero-order valence-corrected chi connectivity index (χ0v) is 14.2. The number of aromatic nitrogens is 1. The summed E-state index contributed by atoms with van der Waals surface area (Å²) in [5, 5.41) is 0. The molecule has 1 aliphatic heterocycles. The molecule has 0 radical (unpaired) electrons. The van der Waals surface area contributed by atoms with Gasteiger partial charge >= 0.3 is 0 Å². The summed E-state index contributed by atoms with van der Waals surface area (Å²) in [5.74, 6) is 0.931. The summed E-state index contributed by atoms with van der Waals surface area (Å²) in [5.41, 5.74) is 3.15. The number of aryl methyl sites for hydroxylation is 1. The van der Waals surface area contributed by atoms with Crippen LogP contribution in [0.2, 0.25) is 0 Å². The predicted molar refractivity (Wildman–Crippen MR) is 94.8 cm³/mol. The zero-order chi connectivity index (χ0) is 16.1. The van der Waals surface area contributed by atoms with E-state index in [1.54, 1.807) is 0 Å². The average Bonchev–Trinajstić information content (AvgIpc) is 2.97. The molecule has 1 saturated heterocycles. The maximum atomic E-state index is 5.94. The van der Waals surface area contributed by atoms with E-state index in [2.05, 4.69) is 28.9 Å². The fourth-order valence-corrected chi connectivity index (χ4v) is 3.23. The van der Waals surface area contributed by atoms with E-state index in [0.29, 0.717) is 0 Å². The van der Waals surface area contributed by atoms with Gasteiger partial charge in [0.2, 0.25) is 0 Å². The van der Waals surface area contributed by atoms with E-state index in [0.717, 1.165) is 48.3 Å². The molecule has 0 amide bonds. The Kier molecular flexibility index (Phi) is 5.29. The monoisotopic (exact) mass is 310 g/mol. The number of rotatable bonds is 6. The minimum absolute atomic E-state index is 0.741. The van der Waals surface area contributed by atoms with Crippen molar-refractivity contribution in [1.82, 2.24) is 9.88 Å². The lowest BCUT2D eigenvalue weighted by atomic mass is 10.1. The van der Waals surface area contributed by atoms with Crippen LogP contribution in [0.15, 0.2) is 42.5 Å². The summed E-state index contributed by atoms with van der Waals surface area (Å²) >= 11 is 0. The molecule has 0 saturated carbocycles. The number of nitrogens with zero attached hydrogens (tertiary/aromatic N) is 2. The fraction of sp³-hybridized carbons (Fsp3) is 0.450. The van der Waals surface area contributed by atoms with Gasteiger partial charge in [-0.15, -0.1) is 0 Å². The van der Waals surface area contributed by atoms with Gasteiger partial charge in [0, 0.05) is 23.8 Å². The molecule has 0 spiro atoms. The smallest absolute Gasteiger partial charge is 0.119 e. The first-order valence-corrected chi connectivity index (χ1v) is 8.63. The van der Waals surface area contributed by atoms with Crippen LogP contribution >= 0.6 is 0 Å². The van der Waals surface area contributed by atoms with Crippen molar-refractivity contribution in [2.75, 3.05) is 19.7 Å². The standard InChI is InChI=1S/C20H26N2O/c1-16-7-3-11-20(21-16)18-9-4-10-19(15-18)23-14-6-13-22-12-5-8-17(22)2/h3-4,7,9-11,15,17H,5-6,8,12-14H2,1-2H3. The molecule has 3 heteroatoms. The Labute approximate surface area is 139 Å². The Bertz CT molecular complexity index is 641. The van der Waals surface area contributed by atoms with Crippen molar-refractivity contribution in [3.63, 3.8) is 0 Å². The molecule has 0 N–H and O–H groups in total. The summed E-state index contributed by atoms with van der Waals surface area (Å²) < 4.78 is 5.94. The third-order valence-corrected chi connectivity index (χ3v) is 4.57. The van der Waals surface area contributed by atoms with Crippen LogP contribution in [0.4, 0.5) is 0 Å². The average molecular weight is 310 g/mol. The first-order valence-electron chi connectivity index (χ1n) is 8.63. The summed E-state index contributed by atoms with van der Waals surface area (Å²) in [7, 11) is 0. The lowest BCUT2D eigenvalue weighted by Crippen LogP contribution is -2.28. The van der Waals surface area contributed by atoms with E-state index >= 15 is 0 Å². The van der Waals surface area contributed by atoms with Gasteiger partial charge < -0.3 is 9.64 Å². The minimum atomic E-state index is 0.741. The van der Waals surface area contributed by atoms with Gasteiger partial charge in [0.05, 0.1) is 12.3 Å². The largest absolute Gasteiger partial charge is 0.494 e. The van der Waals surface area contributed by atoms with E-state index in [4.69, 9.17) is 4.74 Å². The van der Waals surface area contributed by atoms with Crippen molar-refractivity contribution in [2.24, 2.45) is 0 Å². The van der Waals surface area contributed by atoms with Gasteiger partial charge in [-0.2, -0.15) is 0 Å². The predicted octanol–water partition coefficient (Wildman–Crippen LogP) is 4.31. The second-order valence-corrected chi connectivity index (χ2v) is 6.42. The molecule has 1 unspecified atom stereocenters. The number of pyridine rings is 1. The highest BCUT2D eigenvalue weighted by Crippen LogP contribution is 2.23.